The maximum atomic E-state index is 13.0. The Morgan fingerprint density at radius 3 is 2.72 bits per heavy atom. The number of hydrogen-bond acceptors (Lipinski definition) is 3. The molecule has 0 unspecified atom stereocenters. The van der Waals surface area contributed by atoms with Crippen LogP contribution in [0.4, 0.5) is 5.69 Å². The Morgan fingerprint density at radius 1 is 1.20 bits per heavy atom. The predicted molar refractivity (Wildman–Crippen MR) is 98.3 cm³/mol. The van der Waals surface area contributed by atoms with Crippen LogP contribution >= 0.6 is 0 Å². The quantitative estimate of drug-likeness (QED) is 0.893. The largest absolute Gasteiger partial charge is 0.350 e. The molecule has 0 aromatic heterocycles. The molecular weight excluding hydrogens is 336 g/mol. The standard InChI is InChI=1S/C19H22N2O3S/c1-3-14(2)20-19(22)16-8-6-9-17(13-16)25(23,24)21-12-11-15-7-4-5-10-18(15)21/h4-10,13-14H,3,11-12H2,1-2H3,(H,20,22)/t14-/m0/s1. The van der Waals surface area contributed by atoms with Crippen LogP contribution in [0.5, 0.6) is 0 Å². The number of sulfonamides is 1. The van der Waals surface area contributed by atoms with Gasteiger partial charge in [0.1, 0.15) is 0 Å². The van der Waals surface area contributed by atoms with E-state index in [1.54, 1.807) is 12.1 Å². The SMILES string of the molecule is CC[C@H](C)NC(=O)c1cccc(S(=O)(=O)N2CCc3ccccc32)c1. The highest BCUT2D eigenvalue weighted by Gasteiger charge is 2.30. The maximum Gasteiger partial charge on any atom is 0.264 e. The number of nitrogens with zero attached hydrogens (tertiary/aromatic N) is 1. The van der Waals surface area contributed by atoms with Crippen LogP contribution < -0.4 is 9.62 Å². The fourth-order valence-corrected chi connectivity index (χ4v) is 4.44. The zero-order valence-corrected chi connectivity index (χ0v) is 15.2. The molecule has 2 aromatic carbocycles. The lowest BCUT2D eigenvalue weighted by Crippen LogP contribution is -2.32. The van der Waals surface area contributed by atoms with Crippen LogP contribution in [0.2, 0.25) is 0 Å². The number of rotatable bonds is 5. The Kier molecular flexibility index (Phi) is 4.81. The monoisotopic (exact) mass is 358 g/mol. The van der Waals surface area contributed by atoms with Crippen molar-refractivity contribution in [3.05, 3.63) is 59.7 Å². The van der Waals surface area contributed by atoms with E-state index in [-0.39, 0.29) is 16.8 Å². The lowest BCUT2D eigenvalue weighted by molar-refractivity contribution is 0.0939. The third kappa shape index (κ3) is 3.39. The van der Waals surface area contributed by atoms with Gasteiger partial charge in [0.25, 0.3) is 15.9 Å². The molecule has 25 heavy (non-hydrogen) atoms. The van der Waals surface area contributed by atoms with Gasteiger partial charge in [-0.1, -0.05) is 31.2 Å². The zero-order valence-electron chi connectivity index (χ0n) is 14.4. The van der Waals surface area contributed by atoms with Gasteiger partial charge in [-0.05, 0) is 49.6 Å². The first-order valence-electron chi connectivity index (χ1n) is 8.45. The van der Waals surface area contributed by atoms with Crippen molar-refractivity contribution in [2.45, 2.75) is 37.6 Å². The van der Waals surface area contributed by atoms with Crippen LogP contribution in [0.3, 0.4) is 0 Å². The lowest BCUT2D eigenvalue weighted by Gasteiger charge is -2.20. The first-order chi connectivity index (χ1) is 11.9. The molecule has 0 bridgehead atoms. The lowest BCUT2D eigenvalue weighted by atomic mass is 10.2. The minimum atomic E-state index is -3.69. The summed E-state index contributed by atoms with van der Waals surface area (Å²) in [6.07, 6.45) is 1.51. The van der Waals surface area contributed by atoms with Gasteiger partial charge in [-0.3, -0.25) is 9.10 Å². The number of hydrogen-bond donors (Lipinski definition) is 1. The molecule has 2 aromatic rings. The first kappa shape index (κ1) is 17.5. The van der Waals surface area contributed by atoms with E-state index in [9.17, 15) is 13.2 Å². The minimum Gasteiger partial charge on any atom is -0.350 e. The second kappa shape index (κ2) is 6.88. The number of amides is 1. The topological polar surface area (TPSA) is 66.5 Å². The number of nitrogens with one attached hydrogen (secondary N) is 1. The Balaban J connectivity index is 1.92. The van der Waals surface area contributed by atoms with Crippen molar-refractivity contribution < 1.29 is 13.2 Å². The van der Waals surface area contributed by atoms with E-state index in [0.29, 0.717) is 18.5 Å². The van der Waals surface area contributed by atoms with Gasteiger partial charge < -0.3 is 5.32 Å². The third-order valence-corrected chi connectivity index (χ3v) is 6.33. The molecule has 1 atom stereocenters. The summed E-state index contributed by atoms with van der Waals surface area (Å²) >= 11 is 0. The van der Waals surface area contributed by atoms with Gasteiger partial charge in [0.2, 0.25) is 0 Å². The highest BCUT2D eigenvalue weighted by molar-refractivity contribution is 7.92. The Bertz CT molecular complexity index is 893. The summed E-state index contributed by atoms with van der Waals surface area (Å²) in [5.74, 6) is -0.256. The van der Waals surface area contributed by atoms with Crippen molar-refractivity contribution in [1.29, 1.82) is 0 Å². The molecule has 0 aliphatic carbocycles. The molecule has 0 saturated heterocycles. The van der Waals surface area contributed by atoms with Gasteiger partial charge in [0.05, 0.1) is 10.6 Å². The average Bonchev–Trinajstić information content (AvgIpc) is 3.06. The van der Waals surface area contributed by atoms with E-state index in [1.807, 2.05) is 38.1 Å². The summed E-state index contributed by atoms with van der Waals surface area (Å²) in [6, 6.07) is 13.8. The van der Waals surface area contributed by atoms with Gasteiger partial charge in [-0.2, -0.15) is 0 Å². The summed E-state index contributed by atoms with van der Waals surface area (Å²) in [5, 5.41) is 2.86. The van der Waals surface area contributed by atoms with Gasteiger partial charge in [-0.15, -0.1) is 0 Å². The molecule has 6 heteroatoms. The number of carbonyl (C=O) groups excluding carboxylic acids is 1. The zero-order chi connectivity index (χ0) is 18.0. The van der Waals surface area contributed by atoms with Crippen LogP contribution in [0.15, 0.2) is 53.4 Å². The summed E-state index contributed by atoms with van der Waals surface area (Å²) in [7, 11) is -3.69. The van der Waals surface area contributed by atoms with Gasteiger partial charge in [0.15, 0.2) is 0 Å². The highest BCUT2D eigenvalue weighted by atomic mass is 32.2. The molecule has 132 valence electrons. The van der Waals surface area contributed by atoms with E-state index >= 15 is 0 Å². The van der Waals surface area contributed by atoms with Crippen LogP contribution in [0.1, 0.15) is 36.2 Å². The summed E-state index contributed by atoms with van der Waals surface area (Å²) in [5.41, 5.74) is 2.10. The maximum absolute atomic E-state index is 13.0. The fraction of sp³-hybridized carbons (Fsp3) is 0.316. The Hall–Kier alpha value is -2.34. The highest BCUT2D eigenvalue weighted by Crippen LogP contribution is 2.32. The van der Waals surface area contributed by atoms with E-state index in [4.69, 9.17) is 0 Å². The second-order valence-electron chi connectivity index (χ2n) is 6.27. The number of anilines is 1. The third-order valence-electron chi connectivity index (χ3n) is 4.52. The van der Waals surface area contributed by atoms with Gasteiger partial charge in [0, 0.05) is 18.2 Å². The first-order valence-corrected chi connectivity index (χ1v) is 9.89. The van der Waals surface area contributed by atoms with Crippen LogP contribution in [0, 0.1) is 0 Å². The average molecular weight is 358 g/mol. The van der Waals surface area contributed by atoms with Gasteiger partial charge in [-0.25, -0.2) is 8.42 Å². The fourth-order valence-electron chi connectivity index (χ4n) is 2.89. The molecular formula is C19H22N2O3S. The molecule has 1 aliphatic rings. The van der Waals surface area contributed by atoms with Crippen molar-refractivity contribution >= 4 is 21.6 Å². The Labute approximate surface area is 148 Å². The number of fused-ring (bicyclic) bond motifs is 1. The van der Waals surface area contributed by atoms with Crippen molar-refractivity contribution in [1.82, 2.24) is 5.32 Å². The molecule has 5 nitrogen and oxygen atoms in total. The van der Waals surface area contributed by atoms with Crippen LogP contribution in [-0.4, -0.2) is 26.9 Å². The smallest absolute Gasteiger partial charge is 0.264 e. The number of benzene rings is 2. The van der Waals surface area contributed by atoms with Crippen molar-refractivity contribution in [2.75, 3.05) is 10.8 Å². The number of carbonyl (C=O) groups is 1. The van der Waals surface area contributed by atoms with E-state index in [1.165, 1.54) is 16.4 Å². The van der Waals surface area contributed by atoms with Crippen LogP contribution in [0.25, 0.3) is 0 Å². The minimum absolute atomic E-state index is 0.0400. The molecule has 1 N–H and O–H groups in total. The van der Waals surface area contributed by atoms with E-state index in [2.05, 4.69) is 5.32 Å². The molecule has 3 rings (SSSR count). The Morgan fingerprint density at radius 2 is 1.96 bits per heavy atom. The number of para-hydroxylation sites is 1. The van der Waals surface area contributed by atoms with E-state index in [0.717, 1.165) is 17.7 Å². The van der Waals surface area contributed by atoms with Crippen molar-refractivity contribution in [2.24, 2.45) is 0 Å². The molecule has 0 saturated carbocycles. The van der Waals surface area contributed by atoms with Crippen molar-refractivity contribution in [3.8, 4) is 0 Å². The molecule has 0 radical (unpaired) electrons. The molecule has 1 heterocycles. The molecule has 1 aliphatic heterocycles. The van der Waals surface area contributed by atoms with Crippen LogP contribution in [-0.2, 0) is 16.4 Å². The van der Waals surface area contributed by atoms with E-state index < -0.39 is 10.0 Å². The van der Waals surface area contributed by atoms with Crippen molar-refractivity contribution in [3.63, 3.8) is 0 Å². The molecule has 0 fully saturated rings. The second-order valence-corrected chi connectivity index (χ2v) is 8.13. The summed E-state index contributed by atoms with van der Waals surface area (Å²) in [4.78, 5) is 12.4. The molecule has 1 amide bonds. The summed E-state index contributed by atoms with van der Waals surface area (Å²) < 4.78 is 27.5. The summed E-state index contributed by atoms with van der Waals surface area (Å²) in [6.45, 7) is 4.32. The predicted octanol–water partition coefficient (Wildman–Crippen LogP) is 2.97. The molecule has 0 spiro atoms. The van der Waals surface area contributed by atoms with Gasteiger partial charge >= 0.3 is 0 Å². The normalized spacial score (nSPS) is 14.9.